The second-order valence-corrected chi connectivity index (χ2v) is 8.64. The quantitative estimate of drug-likeness (QED) is 0.497. The van der Waals surface area contributed by atoms with Crippen molar-refractivity contribution in [3.8, 4) is 33.6 Å². The highest BCUT2D eigenvalue weighted by Gasteiger charge is 2.27. The Bertz CT molecular complexity index is 1230. The van der Waals surface area contributed by atoms with Crippen LogP contribution < -0.4 is 0 Å². The summed E-state index contributed by atoms with van der Waals surface area (Å²) >= 11 is 0. The molecule has 148 valence electrons. The number of aromatic nitrogens is 2. The van der Waals surface area contributed by atoms with Gasteiger partial charge in [0.2, 0.25) is 0 Å². The summed E-state index contributed by atoms with van der Waals surface area (Å²) in [6.07, 6.45) is 3.62. The number of benzene rings is 2. The van der Waals surface area contributed by atoms with Crippen molar-refractivity contribution < 1.29 is 13.4 Å². The first-order valence-corrected chi connectivity index (χ1v) is 10.9. The fraction of sp³-hybridized carbons (Fsp3) is 0.0833. The third kappa shape index (κ3) is 3.19. The molecule has 3 heterocycles. The molecule has 0 aliphatic carbocycles. The normalized spacial score (nSPS) is 15.8. The summed E-state index contributed by atoms with van der Waals surface area (Å²) in [6, 6.07) is 18.6. The first kappa shape index (κ1) is 18.6. The molecule has 0 saturated carbocycles. The molecule has 0 fully saturated rings. The highest BCUT2D eigenvalue weighted by molar-refractivity contribution is 7.85. The number of carbonyl (C=O) groups excluding carboxylic acids is 1. The maximum atomic E-state index is 14.8. The molecule has 1 aliphatic rings. The molecule has 0 bridgehead atoms. The van der Waals surface area contributed by atoms with E-state index >= 15 is 0 Å². The molecule has 2 aromatic heterocycles. The van der Waals surface area contributed by atoms with Crippen LogP contribution >= 0.6 is 0 Å². The van der Waals surface area contributed by atoms with E-state index in [0.717, 1.165) is 22.4 Å². The number of pyridine rings is 1. The summed E-state index contributed by atoms with van der Waals surface area (Å²) in [4.78, 5) is 19.9. The van der Waals surface area contributed by atoms with Gasteiger partial charge in [-0.3, -0.25) is 14.0 Å². The average molecular weight is 416 g/mol. The average Bonchev–Trinajstić information content (AvgIpc) is 3.23. The molecule has 4 aromatic rings. The summed E-state index contributed by atoms with van der Waals surface area (Å²) in [7, 11) is -1.48. The summed E-state index contributed by atoms with van der Waals surface area (Å²) < 4.78 is 27.1. The number of fused-ring (bicyclic) bond motifs is 1. The van der Waals surface area contributed by atoms with E-state index in [1.807, 2.05) is 48.5 Å². The highest BCUT2D eigenvalue weighted by Crippen LogP contribution is 2.37. The maximum Gasteiger partial charge on any atom is 0.165 e. The van der Waals surface area contributed by atoms with Crippen LogP contribution in [0.15, 0.2) is 78.0 Å². The Morgan fingerprint density at radius 1 is 0.900 bits per heavy atom. The van der Waals surface area contributed by atoms with Gasteiger partial charge in [-0.2, -0.15) is 0 Å². The molecule has 5 rings (SSSR count). The van der Waals surface area contributed by atoms with Gasteiger partial charge < -0.3 is 4.98 Å². The molecular weight excluding hydrogens is 399 g/mol. The SMILES string of the molecule is O=C1CCS(=O)c2c(F)cc(-c3cc(-c4ccncc4)c(-c4ccccc4)[nH]3)cc21. The molecule has 0 spiro atoms. The minimum absolute atomic E-state index is 0.0270. The lowest BCUT2D eigenvalue weighted by molar-refractivity contribution is 0.0983. The number of H-pyrrole nitrogens is 1. The highest BCUT2D eigenvalue weighted by atomic mass is 32.2. The van der Waals surface area contributed by atoms with Gasteiger partial charge in [0.15, 0.2) is 5.78 Å². The lowest BCUT2D eigenvalue weighted by Crippen LogP contribution is -2.18. The Morgan fingerprint density at radius 2 is 1.67 bits per heavy atom. The Morgan fingerprint density at radius 3 is 2.43 bits per heavy atom. The Hall–Kier alpha value is -3.38. The van der Waals surface area contributed by atoms with E-state index in [0.29, 0.717) is 11.3 Å². The third-order valence-corrected chi connectivity index (χ3v) is 6.71. The zero-order chi connectivity index (χ0) is 20.7. The summed E-state index contributed by atoms with van der Waals surface area (Å²) in [5.74, 6) is -0.598. The minimum atomic E-state index is -1.48. The first-order valence-electron chi connectivity index (χ1n) is 9.56. The predicted molar refractivity (Wildman–Crippen MR) is 115 cm³/mol. The second-order valence-electron chi connectivity index (χ2n) is 7.13. The molecule has 1 unspecified atom stereocenters. The fourth-order valence-corrected chi connectivity index (χ4v) is 5.08. The number of hydrogen-bond donors (Lipinski definition) is 1. The van der Waals surface area contributed by atoms with E-state index in [9.17, 15) is 13.4 Å². The molecule has 1 aliphatic heterocycles. The fourth-order valence-electron chi connectivity index (χ4n) is 3.81. The van der Waals surface area contributed by atoms with Gasteiger partial charge in [-0.15, -0.1) is 0 Å². The van der Waals surface area contributed by atoms with Crippen LogP contribution in [-0.2, 0) is 10.8 Å². The van der Waals surface area contributed by atoms with Gasteiger partial charge in [0.1, 0.15) is 5.82 Å². The van der Waals surface area contributed by atoms with Crippen LogP contribution in [0.25, 0.3) is 33.6 Å². The first-order chi connectivity index (χ1) is 14.6. The van der Waals surface area contributed by atoms with E-state index in [4.69, 9.17) is 0 Å². The van der Waals surface area contributed by atoms with Crippen LogP contribution in [0.4, 0.5) is 4.39 Å². The van der Waals surface area contributed by atoms with Crippen molar-refractivity contribution in [2.24, 2.45) is 0 Å². The van der Waals surface area contributed by atoms with Gasteiger partial charge in [0, 0.05) is 47.0 Å². The molecular formula is C24H17FN2O2S. The molecule has 4 nitrogen and oxygen atoms in total. The zero-order valence-corrected chi connectivity index (χ0v) is 16.7. The minimum Gasteiger partial charge on any atom is -0.354 e. The maximum absolute atomic E-state index is 14.8. The number of nitrogens with zero attached hydrogens (tertiary/aromatic N) is 1. The van der Waals surface area contributed by atoms with Crippen LogP contribution in [0.2, 0.25) is 0 Å². The monoisotopic (exact) mass is 416 g/mol. The van der Waals surface area contributed by atoms with E-state index in [1.54, 1.807) is 18.5 Å². The molecule has 0 radical (unpaired) electrons. The molecule has 0 amide bonds. The molecule has 30 heavy (non-hydrogen) atoms. The second kappa shape index (κ2) is 7.46. The molecule has 1 atom stereocenters. The zero-order valence-electron chi connectivity index (χ0n) is 15.9. The van der Waals surface area contributed by atoms with E-state index < -0.39 is 16.6 Å². The molecule has 6 heteroatoms. The van der Waals surface area contributed by atoms with Crippen LogP contribution in [-0.4, -0.2) is 25.7 Å². The smallest absolute Gasteiger partial charge is 0.165 e. The number of Topliss-reactive ketones (excluding diaryl/α,β-unsaturated/α-hetero) is 1. The predicted octanol–water partition coefficient (Wildman–Crippen LogP) is 5.24. The van der Waals surface area contributed by atoms with Gasteiger partial charge in [-0.25, -0.2) is 4.39 Å². The van der Waals surface area contributed by atoms with E-state index in [1.165, 1.54) is 6.07 Å². The van der Waals surface area contributed by atoms with Crippen molar-refractivity contribution in [3.05, 3.63) is 84.4 Å². The van der Waals surface area contributed by atoms with Crippen molar-refractivity contribution in [2.45, 2.75) is 11.3 Å². The van der Waals surface area contributed by atoms with Crippen molar-refractivity contribution >= 4 is 16.6 Å². The van der Waals surface area contributed by atoms with Crippen LogP contribution in [0.5, 0.6) is 0 Å². The van der Waals surface area contributed by atoms with Crippen molar-refractivity contribution in [1.82, 2.24) is 9.97 Å². The topological polar surface area (TPSA) is 62.8 Å². The Labute approximate surface area is 175 Å². The van der Waals surface area contributed by atoms with Gasteiger partial charge in [0.05, 0.1) is 21.4 Å². The standard InChI is InChI=1S/C24H17FN2O2S/c25-20-13-17(12-19-22(28)8-11-30(29)24(19)20)21-14-18(15-6-9-26-10-7-15)23(27-21)16-4-2-1-3-5-16/h1-7,9-10,12-14,27H,8,11H2. The number of carbonyl (C=O) groups is 1. The lowest BCUT2D eigenvalue weighted by atomic mass is 10.0. The van der Waals surface area contributed by atoms with Gasteiger partial charge in [0.25, 0.3) is 0 Å². The third-order valence-electron chi connectivity index (χ3n) is 5.27. The van der Waals surface area contributed by atoms with Crippen LogP contribution in [0.1, 0.15) is 16.8 Å². The van der Waals surface area contributed by atoms with Gasteiger partial charge in [-0.1, -0.05) is 30.3 Å². The summed E-state index contributed by atoms with van der Waals surface area (Å²) in [5.41, 5.74) is 5.27. The van der Waals surface area contributed by atoms with Gasteiger partial charge in [-0.05, 0) is 41.5 Å². The van der Waals surface area contributed by atoms with Crippen LogP contribution in [0, 0.1) is 5.82 Å². The number of aromatic amines is 1. The number of nitrogens with one attached hydrogen (secondary N) is 1. The number of ketones is 1. The number of hydrogen-bond acceptors (Lipinski definition) is 3. The van der Waals surface area contributed by atoms with Crippen molar-refractivity contribution in [1.29, 1.82) is 0 Å². The molecule has 2 aromatic carbocycles. The Kier molecular flexibility index (Phi) is 4.64. The van der Waals surface area contributed by atoms with E-state index in [2.05, 4.69) is 9.97 Å². The lowest BCUT2D eigenvalue weighted by Gasteiger charge is -2.16. The van der Waals surface area contributed by atoms with E-state index in [-0.39, 0.29) is 28.4 Å². The molecule has 0 saturated heterocycles. The summed E-state index contributed by atoms with van der Waals surface area (Å²) in [5, 5.41) is 0. The largest absolute Gasteiger partial charge is 0.354 e. The summed E-state index contributed by atoms with van der Waals surface area (Å²) in [6.45, 7) is 0. The van der Waals surface area contributed by atoms with Crippen LogP contribution in [0.3, 0.4) is 0 Å². The van der Waals surface area contributed by atoms with Crippen molar-refractivity contribution in [2.75, 3.05) is 5.75 Å². The number of rotatable bonds is 3. The van der Waals surface area contributed by atoms with Crippen molar-refractivity contribution in [3.63, 3.8) is 0 Å². The Balaban J connectivity index is 1.71. The van der Waals surface area contributed by atoms with Gasteiger partial charge >= 0.3 is 0 Å². The molecule has 1 N–H and O–H groups in total. The number of halogens is 1.